The zero-order chi connectivity index (χ0) is 30.1. The SMILES string of the molecule is CC1(C)c2ccccc2-c2ccc(N(c3ccc(C4=CC=CCC4)cc3)c3ccc4c(c3)oc3c5ccccc5ccc43)cc21. The minimum Gasteiger partial charge on any atom is -0.455 e. The number of fused-ring (bicyclic) bond motifs is 8. The van der Waals surface area contributed by atoms with E-state index in [0.29, 0.717) is 0 Å². The predicted molar refractivity (Wildman–Crippen MR) is 190 cm³/mol. The van der Waals surface area contributed by atoms with Crippen LogP contribution >= 0.6 is 0 Å². The summed E-state index contributed by atoms with van der Waals surface area (Å²) in [7, 11) is 0. The summed E-state index contributed by atoms with van der Waals surface area (Å²) in [6.07, 6.45) is 8.84. The monoisotopic (exact) mass is 579 g/mol. The van der Waals surface area contributed by atoms with E-state index in [4.69, 9.17) is 4.42 Å². The molecule has 0 bridgehead atoms. The van der Waals surface area contributed by atoms with Gasteiger partial charge >= 0.3 is 0 Å². The van der Waals surface area contributed by atoms with Crippen molar-refractivity contribution in [3.8, 4) is 11.1 Å². The molecule has 0 unspecified atom stereocenters. The molecular weight excluding hydrogens is 546 g/mol. The third kappa shape index (κ3) is 4.02. The third-order valence-corrected chi connectivity index (χ3v) is 9.94. The first kappa shape index (κ1) is 26.1. The van der Waals surface area contributed by atoms with E-state index in [2.05, 4.69) is 158 Å². The Labute approximate surface area is 263 Å². The number of anilines is 3. The molecule has 7 aromatic rings. The van der Waals surface area contributed by atoms with Crippen molar-refractivity contribution in [2.24, 2.45) is 0 Å². The molecule has 2 heteroatoms. The molecule has 0 fully saturated rings. The fourth-order valence-corrected chi connectivity index (χ4v) is 7.58. The van der Waals surface area contributed by atoms with Gasteiger partial charge in [0.05, 0.1) is 0 Å². The Bertz CT molecular complexity index is 2350. The van der Waals surface area contributed by atoms with E-state index in [1.165, 1.54) is 38.8 Å². The number of hydrogen-bond acceptors (Lipinski definition) is 2. The minimum absolute atomic E-state index is 0.0812. The third-order valence-electron chi connectivity index (χ3n) is 9.94. The molecule has 0 amide bonds. The molecule has 6 aromatic carbocycles. The van der Waals surface area contributed by atoms with Gasteiger partial charge in [-0.1, -0.05) is 105 Å². The molecule has 45 heavy (non-hydrogen) atoms. The minimum atomic E-state index is -0.0812. The van der Waals surface area contributed by atoms with Crippen LogP contribution in [0.15, 0.2) is 144 Å². The van der Waals surface area contributed by atoms with Gasteiger partial charge in [-0.2, -0.15) is 0 Å². The Morgan fingerprint density at radius 2 is 1.36 bits per heavy atom. The number of rotatable bonds is 4. The van der Waals surface area contributed by atoms with Gasteiger partial charge in [0.15, 0.2) is 0 Å². The number of furan rings is 1. The Hall–Kier alpha value is -5.34. The molecule has 216 valence electrons. The molecule has 0 saturated carbocycles. The van der Waals surface area contributed by atoms with Gasteiger partial charge in [-0.05, 0) is 94.1 Å². The zero-order valence-corrected chi connectivity index (χ0v) is 25.5. The molecule has 2 aliphatic carbocycles. The lowest BCUT2D eigenvalue weighted by Crippen LogP contribution is -2.16. The average molecular weight is 580 g/mol. The van der Waals surface area contributed by atoms with Gasteiger partial charge in [-0.15, -0.1) is 0 Å². The maximum atomic E-state index is 6.64. The first-order valence-corrected chi connectivity index (χ1v) is 15.9. The summed E-state index contributed by atoms with van der Waals surface area (Å²) in [5.74, 6) is 0. The van der Waals surface area contributed by atoms with Gasteiger partial charge < -0.3 is 9.32 Å². The van der Waals surface area contributed by atoms with E-state index in [-0.39, 0.29) is 5.41 Å². The Morgan fingerprint density at radius 1 is 0.622 bits per heavy atom. The van der Waals surface area contributed by atoms with Gasteiger partial charge in [-0.3, -0.25) is 0 Å². The Morgan fingerprint density at radius 3 is 2.22 bits per heavy atom. The largest absolute Gasteiger partial charge is 0.455 e. The van der Waals surface area contributed by atoms with E-state index < -0.39 is 0 Å². The van der Waals surface area contributed by atoms with Gasteiger partial charge in [0.1, 0.15) is 11.2 Å². The average Bonchev–Trinajstić information content (AvgIpc) is 3.58. The second-order valence-electron chi connectivity index (χ2n) is 12.9. The molecule has 9 rings (SSSR count). The van der Waals surface area contributed by atoms with Crippen molar-refractivity contribution in [3.05, 3.63) is 156 Å². The molecule has 0 spiro atoms. The molecule has 2 aliphatic rings. The van der Waals surface area contributed by atoms with Crippen molar-refractivity contribution in [3.63, 3.8) is 0 Å². The molecule has 2 nitrogen and oxygen atoms in total. The summed E-state index contributed by atoms with van der Waals surface area (Å²) in [4.78, 5) is 2.38. The van der Waals surface area contributed by atoms with Gasteiger partial charge in [0.25, 0.3) is 0 Å². The topological polar surface area (TPSA) is 16.4 Å². The molecule has 1 aromatic heterocycles. The molecule has 0 radical (unpaired) electrons. The van der Waals surface area contributed by atoms with E-state index in [0.717, 1.165) is 57.2 Å². The van der Waals surface area contributed by atoms with E-state index >= 15 is 0 Å². The Kier molecular flexibility index (Phi) is 5.70. The summed E-state index contributed by atoms with van der Waals surface area (Å²) in [5, 5.41) is 4.62. The van der Waals surface area contributed by atoms with Crippen LogP contribution in [-0.2, 0) is 5.41 Å². The van der Waals surface area contributed by atoms with Gasteiger partial charge in [0, 0.05) is 44.7 Å². The van der Waals surface area contributed by atoms with Crippen molar-refractivity contribution < 1.29 is 4.42 Å². The van der Waals surface area contributed by atoms with Crippen LogP contribution in [0, 0.1) is 0 Å². The van der Waals surface area contributed by atoms with Crippen LogP contribution in [0.3, 0.4) is 0 Å². The number of nitrogens with zero attached hydrogens (tertiary/aromatic N) is 1. The van der Waals surface area contributed by atoms with Crippen molar-refractivity contribution in [1.82, 2.24) is 0 Å². The van der Waals surface area contributed by atoms with Crippen molar-refractivity contribution in [1.29, 1.82) is 0 Å². The van der Waals surface area contributed by atoms with Crippen LogP contribution in [-0.4, -0.2) is 0 Å². The van der Waals surface area contributed by atoms with Gasteiger partial charge in [-0.25, -0.2) is 0 Å². The van der Waals surface area contributed by atoms with Crippen LogP contribution < -0.4 is 4.90 Å². The maximum absolute atomic E-state index is 6.64. The highest BCUT2D eigenvalue weighted by Crippen LogP contribution is 2.51. The molecule has 1 heterocycles. The molecule has 0 saturated heterocycles. The van der Waals surface area contributed by atoms with Crippen LogP contribution in [0.4, 0.5) is 17.1 Å². The lowest BCUT2D eigenvalue weighted by Gasteiger charge is -2.28. The molecule has 0 atom stereocenters. The van der Waals surface area contributed by atoms with Crippen molar-refractivity contribution in [2.45, 2.75) is 32.1 Å². The molecule has 0 N–H and O–H groups in total. The summed E-state index contributed by atoms with van der Waals surface area (Å²) in [6, 6.07) is 44.4. The zero-order valence-electron chi connectivity index (χ0n) is 25.5. The molecular formula is C43H33NO. The quantitative estimate of drug-likeness (QED) is 0.206. The van der Waals surface area contributed by atoms with E-state index in [9.17, 15) is 0 Å². The highest BCUT2D eigenvalue weighted by atomic mass is 16.3. The highest BCUT2D eigenvalue weighted by molar-refractivity contribution is 6.15. The van der Waals surface area contributed by atoms with Crippen molar-refractivity contribution in [2.75, 3.05) is 4.90 Å². The number of benzene rings is 6. The first-order chi connectivity index (χ1) is 22.1. The Balaban J connectivity index is 1.22. The second-order valence-corrected chi connectivity index (χ2v) is 12.9. The summed E-state index contributed by atoms with van der Waals surface area (Å²) >= 11 is 0. The number of allylic oxidation sites excluding steroid dienone is 4. The maximum Gasteiger partial charge on any atom is 0.143 e. The standard InChI is InChI=1S/C43H33NO/c1-43(2)39-15-9-8-14-35(39)36-24-21-32(26-40(36)43)44(31-19-16-29(17-20-31)28-10-4-3-5-11-28)33-22-25-37-38-23-18-30-12-6-7-13-34(30)42(38)45-41(37)27-33/h3-4,6-10,12-27H,5,11H2,1-2H3. The summed E-state index contributed by atoms with van der Waals surface area (Å²) < 4.78 is 6.64. The van der Waals surface area contributed by atoms with E-state index in [1.807, 2.05) is 0 Å². The van der Waals surface area contributed by atoms with Crippen LogP contribution in [0.2, 0.25) is 0 Å². The lowest BCUT2D eigenvalue weighted by molar-refractivity contribution is 0.660. The van der Waals surface area contributed by atoms with Crippen LogP contribution in [0.5, 0.6) is 0 Å². The normalized spacial score (nSPS) is 14.9. The van der Waals surface area contributed by atoms with E-state index in [1.54, 1.807) is 0 Å². The first-order valence-electron chi connectivity index (χ1n) is 15.9. The van der Waals surface area contributed by atoms with Crippen LogP contribution in [0.1, 0.15) is 43.4 Å². The summed E-state index contributed by atoms with van der Waals surface area (Å²) in [5.41, 5.74) is 13.2. The predicted octanol–water partition coefficient (Wildman–Crippen LogP) is 12.2. The lowest BCUT2D eigenvalue weighted by atomic mass is 9.82. The second kappa shape index (κ2) is 9.84. The van der Waals surface area contributed by atoms with Crippen LogP contribution in [0.25, 0.3) is 49.4 Å². The highest BCUT2D eigenvalue weighted by Gasteiger charge is 2.35. The summed E-state index contributed by atoms with van der Waals surface area (Å²) in [6.45, 7) is 4.69. The fourth-order valence-electron chi connectivity index (χ4n) is 7.58. The fraction of sp³-hybridized carbons (Fsp3) is 0.116. The smallest absolute Gasteiger partial charge is 0.143 e. The van der Waals surface area contributed by atoms with Gasteiger partial charge in [0.2, 0.25) is 0 Å². The van der Waals surface area contributed by atoms with Crippen molar-refractivity contribution >= 4 is 55.3 Å². The number of hydrogen-bond donors (Lipinski definition) is 0. The molecule has 0 aliphatic heterocycles.